The Balaban J connectivity index is 1.19. The van der Waals surface area contributed by atoms with E-state index >= 15 is 0 Å². The second kappa shape index (κ2) is 8.25. The molecular formula is C27H27FN4O. The molecule has 2 aliphatic rings. The lowest BCUT2D eigenvalue weighted by atomic mass is 9.73. The van der Waals surface area contributed by atoms with Crippen LogP contribution in [0.15, 0.2) is 53.7 Å². The van der Waals surface area contributed by atoms with Gasteiger partial charge in [-0.3, -0.25) is 4.98 Å². The van der Waals surface area contributed by atoms with Gasteiger partial charge in [0.05, 0.1) is 23.1 Å². The van der Waals surface area contributed by atoms with Crippen molar-refractivity contribution in [3.05, 3.63) is 71.4 Å². The van der Waals surface area contributed by atoms with Gasteiger partial charge in [-0.25, -0.2) is 14.4 Å². The summed E-state index contributed by atoms with van der Waals surface area (Å²) in [7, 11) is 0. The summed E-state index contributed by atoms with van der Waals surface area (Å²) in [5.74, 6) is 2.96. The fourth-order valence-electron chi connectivity index (χ4n) is 5.54. The first-order chi connectivity index (χ1) is 16.2. The van der Waals surface area contributed by atoms with Gasteiger partial charge in [-0.2, -0.15) is 0 Å². The number of halogens is 1. The van der Waals surface area contributed by atoms with Crippen LogP contribution in [-0.2, 0) is 4.74 Å². The number of pyridine rings is 1. The quantitative estimate of drug-likeness (QED) is 0.415. The van der Waals surface area contributed by atoms with Crippen LogP contribution in [0.1, 0.15) is 61.4 Å². The molecule has 1 atom stereocenters. The second-order valence-electron chi connectivity index (χ2n) is 9.35. The average Bonchev–Trinajstić information content (AvgIpc) is 3.53. The summed E-state index contributed by atoms with van der Waals surface area (Å²) in [5.41, 5.74) is 5.13. The number of hydrogen-bond acceptors (Lipinski definition) is 4. The molecule has 5 nitrogen and oxygen atoms in total. The van der Waals surface area contributed by atoms with Crippen LogP contribution in [-0.4, -0.2) is 34.0 Å². The molecule has 0 radical (unpaired) electrons. The monoisotopic (exact) mass is 442 g/mol. The van der Waals surface area contributed by atoms with Gasteiger partial charge in [0.1, 0.15) is 18.2 Å². The number of imidazole rings is 1. The Morgan fingerprint density at radius 1 is 1.03 bits per heavy atom. The van der Waals surface area contributed by atoms with Gasteiger partial charge >= 0.3 is 0 Å². The van der Waals surface area contributed by atoms with Gasteiger partial charge in [0, 0.05) is 23.1 Å². The summed E-state index contributed by atoms with van der Waals surface area (Å²) in [6.45, 7) is 3.67. The van der Waals surface area contributed by atoms with E-state index in [2.05, 4.69) is 34.0 Å². The van der Waals surface area contributed by atoms with Crippen molar-refractivity contribution in [1.29, 1.82) is 0 Å². The first-order valence-corrected chi connectivity index (χ1v) is 11.9. The van der Waals surface area contributed by atoms with Crippen molar-refractivity contribution >= 4 is 27.8 Å². The van der Waals surface area contributed by atoms with E-state index < -0.39 is 0 Å². The SMILES string of the molecule is C[C@@H](c1nc2ccc(C3=NCCO3)cc2[nH]1)C1CCC(c2ccnc3ccc(F)cc23)CC1. The predicted molar refractivity (Wildman–Crippen MR) is 128 cm³/mol. The predicted octanol–water partition coefficient (Wildman–Crippen LogP) is 6.10. The zero-order valence-corrected chi connectivity index (χ0v) is 18.7. The molecule has 168 valence electrons. The molecule has 33 heavy (non-hydrogen) atoms. The van der Waals surface area contributed by atoms with Gasteiger partial charge in [-0.1, -0.05) is 6.92 Å². The van der Waals surface area contributed by atoms with Gasteiger partial charge in [-0.15, -0.1) is 0 Å². The summed E-state index contributed by atoms with van der Waals surface area (Å²) in [5, 5.41) is 0.956. The minimum Gasteiger partial charge on any atom is -0.476 e. The number of aromatic nitrogens is 3. The first-order valence-electron chi connectivity index (χ1n) is 11.9. The summed E-state index contributed by atoms with van der Waals surface area (Å²) >= 11 is 0. The third-order valence-corrected chi connectivity index (χ3v) is 7.42. The van der Waals surface area contributed by atoms with Crippen molar-refractivity contribution in [1.82, 2.24) is 15.0 Å². The van der Waals surface area contributed by atoms with Crippen molar-refractivity contribution in [3.63, 3.8) is 0 Å². The molecule has 0 unspecified atom stereocenters. The van der Waals surface area contributed by atoms with Crippen LogP contribution in [0, 0.1) is 11.7 Å². The molecule has 1 N–H and O–H groups in total. The topological polar surface area (TPSA) is 63.2 Å². The Morgan fingerprint density at radius 2 is 1.88 bits per heavy atom. The van der Waals surface area contributed by atoms with E-state index in [1.807, 2.05) is 18.3 Å². The normalized spacial score (nSPS) is 21.8. The lowest BCUT2D eigenvalue weighted by Gasteiger charge is -2.32. The average molecular weight is 443 g/mol. The number of H-pyrrole nitrogens is 1. The number of nitrogens with zero attached hydrogens (tertiary/aromatic N) is 3. The van der Waals surface area contributed by atoms with E-state index in [4.69, 9.17) is 9.72 Å². The number of ether oxygens (including phenoxy) is 1. The van der Waals surface area contributed by atoms with Gasteiger partial charge in [0.25, 0.3) is 0 Å². The lowest BCUT2D eigenvalue weighted by molar-refractivity contribution is 0.286. The van der Waals surface area contributed by atoms with E-state index in [0.29, 0.717) is 24.4 Å². The van der Waals surface area contributed by atoms with E-state index in [1.54, 1.807) is 12.1 Å². The standard InChI is InChI=1S/C27H27FN4O/c1-16(26-31-24-8-6-19(14-25(24)32-26)27-30-12-13-33-27)17-2-4-18(5-3-17)21-10-11-29-23-9-7-20(28)15-22(21)23/h6-11,14-18H,2-5,12-13H2,1H3,(H,31,32)/t16-,17?,18?/m1/s1. The third kappa shape index (κ3) is 3.77. The first kappa shape index (κ1) is 20.3. The largest absolute Gasteiger partial charge is 0.476 e. The third-order valence-electron chi connectivity index (χ3n) is 7.42. The molecule has 0 amide bonds. The molecular weight excluding hydrogens is 415 g/mol. The fourth-order valence-corrected chi connectivity index (χ4v) is 5.54. The Labute approximate surface area is 192 Å². The van der Waals surface area contributed by atoms with Gasteiger partial charge in [-0.05, 0) is 85.5 Å². The molecule has 6 heteroatoms. The van der Waals surface area contributed by atoms with Crippen LogP contribution in [0.3, 0.4) is 0 Å². The molecule has 2 aromatic heterocycles. The molecule has 3 heterocycles. The van der Waals surface area contributed by atoms with Crippen LogP contribution in [0.5, 0.6) is 0 Å². The van der Waals surface area contributed by atoms with Crippen molar-refractivity contribution < 1.29 is 9.13 Å². The molecule has 1 aliphatic carbocycles. The van der Waals surface area contributed by atoms with E-state index in [0.717, 1.165) is 71.4 Å². The number of rotatable bonds is 4. The van der Waals surface area contributed by atoms with E-state index in [1.165, 1.54) is 11.6 Å². The van der Waals surface area contributed by atoms with E-state index in [-0.39, 0.29) is 5.82 Å². The second-order valence-corrected chi connectivity index (χ2v) is 9.35. The molecule has 6 rings (SSSR count). The molecule has 0 spiro atoms. The molecule has 0 saturated heterocycles. The molecule has 2 aromatic carbocycles. The van der Waals surface area contributed by atoms with E-state index in [9.17, 15) is 4.39 Å². The molecule has 1 aliphatic heterocycles. The van der Waals surface area contributed by atoms with Crippen molar-refractivity contribution in [3.8, 4) is 0 Å². The van der Waals surface area contributed by atoms with Crippen LogP contribution in [0.4, 0.5) is 4.39 Å². The number of aliphatic imine (C=N–C) groups is 1. The molecule has 1 saturated carbocycles. The number of hydrogen-bond donors (Lipinski definition) is 1. The van der Waals surface area contributed by atoms with Crippen LogP contribution >= 0.6 is 0 Å². The minimum atomic E-state index is -0.196. The molecule has 1 fully saturated rings. The maximum atomic E-state index is 13.9. The summed E-state index contributed by atoms with van der Waals surface area (Å²) < 4.78 is 19.5. The fraction of sp³-hybridized carbons (Fsp3) is 0.370. The Bertz CT molecular complexity index is 1350. The highest BCUT2D eigenvalue weighted by atomic mass is 19.1. The Hall–Kier alpha value is -3.28. The molecule has 4 aromatic rings. The van der Waals surface area contributed by atoms with Crippen LogP contribution in [0.2, 0.25) is 0 Å². The highest BCUT2D eigenvalue weighted by Gasteiger charge is 2.29. The maximum absolute atomic E-state index is 13.9. The van der Waals surface area contributed by atoms with Gasteiger partial charge in [0.15, 0.2) is 0 Å². The van der Waals surface area contributed by atoms with Gasteiger partial charge < -0.3 is 9.72 Å². The Morgan fingerprint density at radius 3 is 2.70 bits per heavy atom. The maximum Gasteiger partial charge on any atom is 0.216 e. The molecule has 0 bridgehead atoms. The Kier molecular flexibility index (Phi) is 5.08. The zero-order chi connectivity index (χ0) is 22.4. The minimum absolute atomic E-state index is 0.196. The summed E-state index contributed by atoms with van der Waals surface area (Å²) in [6, 6.07) is 13.2. The van der Waals surface area contributed by atoms with Crippen molar-refractivity contribution in [2.75, 3.05) is 13.2 Å². The lowest BCUT2D eigenvalue weighted by Crippen LogP contribution is -2.19. The number of benzene rings is 2. The van der Waals surface area contributed by atoms with Crippen molar-refractivity contribution in [2.45, 2.75) is 44.4 Å². The summed E-state index contributed by atoms with van der Waals surface area (Å²) in [4.78, 5) is 17.3. The number of nitrogens with one attached hydrogen (secondary N) is 1. The summed E-state index contributed by atoms with van der Waals surface area (Å²) in [6.07, 6.45) is 6.34. The van der Waals surface area contributed by atoms with Crippen LogP contribution < -0.4 is 0 Å². The number of fused-ring (bicyclic) bond motifs is 2. The van der Waals surface area contributed by atoms with Crippen molar-refractivity contribution in [2.24, 2.45) is 10.9 Å². The van der Waals surface area contributed by atoms with Gasteiger partial charge in [0.2, 0.25) is 5.90 Å². The highest BCUT2D eigenvalue weighted by molar-refractivity contribution is 5.98. The highest BCUT2D eigenvalue weighted by Crippen LogP contribution is 2.43. The van der Waals surface area contributed by atoms with Crippen LogP contribution in [0.25, 0.3) is 21.9 Å². The number of aromatic amines is 1. The smallest absolute Gasteiger partial charge is 0.216 e. The zero-order valence-electron chi connectivity index (χ0n) is 18.7.